The zero-order chi connectivity index (χ0) is 14.7. The molecule has 0 fully saturated rings. The molecule has 0 saturated carbocycles. The second kappa shape index (κ2) is 5.98. The SMILES string of the molecule is Cc1cc(C)c(-c2ccccc2)c(C)c1C(=O)O[PH+]=O. The molecule has 0 aromatic heterocycles. The van der Waals surface area contributed by atoms with Crippen molar-refractivity contribution >= 4 is 14.7 Å². The van der Waals surface area contributed by atoms with Crippen LogP contribution in [0.15, 0.2) is 36.4 Å². The Morgan fingerprint density at radius 3 is 2.30 bits per heavy atom. The monoisotopic (exact) mass is 287 g/mol. The molecule has 102 valence electrons. The quantitative estimate of drug-likeness (QED) is 0.787. The van der Waals surface area contributed by atoms with Crippen LogP contribution in [0.4, 0.5) is 0 Å². The van der Waals surface area contributed by atoms with Crippen molar-refractivity contribution in [2.45, 2.75) is 20.8 Å². The van der Waals surface area contributed by atoms with Crippen molar-refractivity contribution in [2.24, 2.45) is 0 Å². The molecule has 0 aliphatic rings. The van der Waals surface area contributed by atoms with Gasteiger partial charge < -0.3 is 0 Å². The largest absolute Gasteiger partial charge is 0.545 e. The summed E-state index contributed by atoms with van der Waals surface area (Å²) in [6.45, 7) is 5.78. The van der Waals surface area contributed by atoms with E-state index in [1.807, 2.05) is 57.2 Å². The first kappa shape index (κ1) is 14.4. The van der Waals surface area contributed by atoms with E-state index in [0.29, 0.717) is 5.56 Å². The fourth-order valence-corrected chi connectivity index (χ4v) is 2.82. The Hall–Kier alpha value is -1.99. The van der Waals surface area contributed by atoms with Gasteiger partial charge in [-0.05, 0) is 53.2 Å². The highest BCUT2D eigenvalue weighted by molar-refractivity contribution is 7.18. The van der Waals surface area contributed by atoms with Crippen molar-refractivity contribution in [1.29, 1.82) is 0 Å². The molecule has 1 unspecified atom stereocenters. The van der Waals surface area contributed by atoms with Gasteiger partial charge in [-0.2, -0.15) is 0 Å². The van der Waals surface area contributed by atoms with E-state index in [2.05, 4.69) is 4.52 Å². The Bertz CT molecular complexity index is 663. The summed E-state index contributed by atoms with van der Waals surface area (Å²) in [6.07, 6.45) is 0. The number of aryl methyl sites for hydroxylation is 2. The molecule has 0 heterocycles. The Kier molecular flexibility index (Phi) is 4.31. The van der Waals surface area contributed by atoms with E-state index in [9.17, 15) is 9.36 Å². The average molecular weight is 287 g/mol. The van der Waals surface area contributed by atoms with Crippen molar-refractivity contribution in [3.05, 3.63) is 58.7 Å². The second-order valence-corrected chi connectivity index (χ2v) is 5.10. The highest BCUT2D eigenvalue weighted by Gasteiger charge is 2.21. The fourth-order valence-electron chi connectivity index (χ4n) is 2.64. The van der Waals surface area contributed by atoms with Crippen LogP contribution in [0.25, 0.3) is 11.1 Å². The Morgan fingerprint density at radius 1 is 1.05 bits per heavy atom. The maximum Gasteiger partial charge on any atom is 0.545 e. The van der Waals surface area contributed by atoms with Gasteiger partial charge in [-0.3, -0.25) is 0 Å². The van der Waals surface area contributed by atoms with Crippen LogP contribution in [-0.2, 0) is 9.09 Å². The van der Waals surface area contributed by atoms with Gasteiger partial charge >= 0.3 is 14.7 Å². The van der Waals surface area contributed by atoms with Gasteiger partial charge in [0.15, 0.2) is 0 Å². The summed E-state index contributed by atoms with van der Waals surface area (Å²) >= 11 is 0. The summed E-state index contributed by atoms with van der Waals surface area (Å²) in [5, 5.41) is 0. The first-order chi connectivity index (χ1) is 9.56. The van der Waals surface area contributed by atoms with Crippen molar-refractivity contribution in [2.75, 3.05) is 0 Å². The van der Waals surface area contributed by atoms with Crippen LogP contribution in [-0.4, -0.2) is 5.97 Å². The van der Waals surface area contributed by atoms with Gasteiger partial charge in [-0.25, -0.2) is 9.32 Å². The topological polar surface area (TPSA) is 43.4 Å². The first-order valence-electron chi connectivity index (χ1n) is 6.30. The molecular weight excluding hydrogens is 271 g/mol. The molecule has 0 N–H and O–H groups in total. The maximum absolute atomic E-state index is 12.0. The van der Waals surface area contributed by atoms with E-state index in [1.165, 1.54) is 0 Å². The molecule has 0 spiro atoms. The van der Waals surface area contributed by atoms with Gasteiger partial charge in [0.25, 0.3) is 0 Å². The van der Waals surface area contributed by atoms with Crippen molar-refractivity contribution in [1.82, 2.24) is 0 Å². The predicted octanol–water partition coefficient (Wildman–Crippen LogP) is 4.37. The lowest BCUT2D eigenvalue weighted by molar-refractivity contribution is 0.0754. The molecule has 2 rings (SSSR count). The number of benzene rings is 2. The molecule has 0 amide bonds. The third kappa shape index (κ3) is 2.63. The lowest BCUT2D eigenvalue weighted by Crippen LogP contribution is -2.07. The molecule has 0 bridgehead atoms. The van der Waals surface area contributed by atoms with E-state index < -0.39 is 14.7 Å². The van der Waals surface area contributed by atoms with Crippen LogP contribution in [0.5, 0.6) is 0 Å². The maximum atomic E-state index is 12.0. The van der Waals surface area contributed by atoms with E-state index in [4.69, 9.17) is 0 Å². The molecule has 1 atom stereocenters. The van der Waals surface area contributed by atoms with Gasteiger partial charge in [-0.15, -0.1) is 0 Å². The average Bonchev–Trinajstić information content (AvgIpc) is 2.39. The van der Waals surface area contributed by atoms with Crippen LogP contribution in [0.3, 0.4) is 0 Å². The summed E-state index contributed by atoms with van der Waals surface area (Å²) < 4.78 is 15.2. The van der Waals surface area contributed by atoms with E-state index >= 15 is 0 Å². The minimum atomic E-state index is -1.08. The van der Waals surface area contributed by atoms with Gasteiger partial charge in [0.2, 0.25) is 0 Å². The van der Waals surface area contributed by atoms with Gasteiger partial charge in [0.05, 0.1) is 5.56 Å². The Morgan fingerprint density at radius 2 is 1.70 bits per heavy atom. The number of hydrogen-bond donors (Lipinski definition) is 0. The molecule has 0 aliphatic carbocycles. The number of hydrogen-bond acceptors (Lipinski definition) is 3. The lowest BCUT2D eigenvalue weighted by atomic mass is 9.89. The minimum Gasteiger partial charge on any atom is -0.241 e. The van der Waals surface area contributed by atoms with E-state index in [1.54, 1.807) is 0 Å². The summed E-state index contributed by atoms with van der Waals surface area (Å²) in [7, 11) is -1.08. The summed E-state index contributed by atoms with van der Waals surface area (Å²) in [6, 6.07) is 11.9. The zero-order valence-electron chi connectivity index (χ0n) is 11.7. The van der Waals surface area contributed by atoms with Crippen LogP contribution >= 0.6 is 8.69 Å². The fraction of sp³-hybridized carbons (Fsp3) is 0.188. The highest BCUT2D eigenvalue weighted by atomic mass is 31.1. The summed E-state index contributed by atoms with van der Waals surface area (Å²) in [4.78, 5) is 12.0. The van der Waals surface area contributed by atoms with Crippen LogP contribution in [0, 0.1) is 20.8 Å². The molecule has 0 radical (unpaired) electrons. The van der Waals surface area contributed by atoms with E-state index in [0.717, 1.165) is 27.8 Å². The summed E-state index contributed by atoms with van der Waals surface area (Å²) in [5.41, 5.74) is 5.38. The second-order valence-electron chi connectivity index (χ2n) is 4.72. The van der Waals surface area contributed by atoms with Crippen molar-refractivity contribution in [3.8, 4) is 11.1 Å². The molecule has 0 saturated heterocycles. The predicted molar refractivity (Wildman–Crippen MR) is 80.5 cm³/mol. The number of carbonyl (C=O) groups excluding carboxylic acids is 1. The Labute approximate surface area is 119 Å². The first-order valence-corrected chi connectivity index (χ1v) is 7.12. The lowest BCUT2D eigenvalue weighted by Gasteiger charge is -2.15. The molecular formula is C16H16O3P+. The third-order valence-electron chi connectivity index (χ3n) is 3.37. The minimum absolute atomic E-state index is 0.498. The zero-order valence-corrected chi connectivity index (χ0v) is 12.7. The standard InChI is InChI=1S/C16H16O3P/c1-10-9-11(2)15(16(17)19-20-18)12(3)14(10)13-7-5-4-6-8-13/h4-9,20H,1-3H3/q+1. The summed E-state index contributed by atoms with van der Waals surface area (Å²) in [5.74, 6) is -0.537. The van der Waals surface area contributed by atoms with E-state index in [-0.39, 0.29) is 0 Å². The van der Waals surface area contributed by atoms with Gasteiger partial charge in [-0.1, -0.05) is 36.4 Å². The highest BCUT2D eigenvalue weighted by Crippen LogP contribution is 2.32. The van der Waals surface area contributed by atoms with Gasteiger partial charge in [0.1, 0.15) is 0 Å². The van der Waals surface area contributed by atoms with Crippen molar-refractivity contribution < 1.29 is 13.9 Å². The van der Waals surface area contributed by atoms with Crippen LogP contribution in [0.2, 0.25) is 0 Å². The Balaban J connectivity index is 2.68. The third-order valence-corrected chi connectivity index (χ3v) is 3.64. The van der Waals surface area contributed by atoms with Crippen LogP contribution < -0.4 is 0 Å². The molecule has 0 aliphatic heterocycles. The number of carbonyl (C=O) groups is 1. The normalized spacial score (nSPS) is 10.6. The van der Waals surface area contributed by atoms with Gasteiger partial charge in [0, 0.05) is 0 Å². The van der Waals surface area contributed by atoms with Crippen molar-refractivity contribution in [3.63, 3.8) is 0 Å². The van der Waals surface area contributed by atoms with Crippen LogP contribution in [0.1, 0.15) is 27.0 Å². The number of rotatable bonds is 3. The molecule has 2 aromatic rings. The molecule has 4 heteroatoms. The molecule has 20 heavy (non-hydrogen) atoms. The smallest absolute Gasteiger partial charge is 0.241 e. The molecule has 3 nitrogen and oxygen atoms in total. The molecule has 2 aromatic carbocycles.